The van der Waals surface area contributed by atoms with E-state index in [0.29, 0.717) is 13.1 Å². The maximum atomic E-state index is 13.0. The van der Waals surface area contributed by atoms with Crippen molar-refractivity contribution in [2.75, 3.05) is 13.1 Å². The van der Waals surface area contributed by atoms with Gasteiger partial charge in [-0.3, -0.25) is 4.79 Å². The van der Waals surface area contributed by atoms with E-state index in [2.05, 4.69) is 36.5 Å². The molecule has 4 rings (SSSR count). The number of alkyl halides is 3. The van der Waals surface area contributed by atoms with E-state index in [1.807, 2.05) is 18.2 Å². The molecule has 7 heteroatoms. The smallest absolute Gasteiger partial charge is 0.337 e. The molecule has 0 spiro atoms. The molecule has 0 aromatic heterocycles. The number of nitrogens with zero attached hydrogens (tertiary/aromatic N) is 1. The minimum atomic E-state index is -4.46. The zero-order valence-corrected chi connectivity index (χ0v) is 17.8. The van der Waals surface area contributed by atoms with E-state index in [9.17, 15) is 18.0 Å². The van der Waals surface area contributed by atoms with E-state index < -0.39 is 11.7 Å². The van der Waals surface area contributed by atoms with Crippen LogP contribution in [0.25, 0.3) is 10.8 Å². The van der Waals surface area contributed by atoms with Crippen molar-refractivity contribution in [3.63, 3.8) is 0 Å². The van der Waals surface area contributed by atoms with Gasteiger partial charge in [0.05, 0.1) is 5.56 Å². The first-order valence-corrected chi connectivity index (χ1v) is 10.0. The topological polar surface area (TPSA) is 32.3 Å². The summed E-state index contributed by atoms with van der Waals surface area (Å²) in [6.45, 7) is 3.10. The molecule has 1 amide bonds. The van der Waals surface area contributed by atoms with E-state index in [1.165, 1.54) is 28.5 Å². The standard InChI is InChI=1S/C24H23F3N2O.ClH/c1-16(21-11-5-7-17-6-2-3-10-22(17)21)28-20-12-13-29(15-20)23(30)18-8-4-9-19(14-18)24(25,26)27;/h2-11,14,16,20,28H,12-13,15H2,1H3;1H/t16-,20+;/m1./s1. The minimum Gasteiger partial charge on any atom is -0.337 e. The van der Waals surface area contributed by atoms with Crippen molar-refractivity contribution in [1.82, 2.24) is 10.2 Å². The molecule has 1 saturated heterocycles. The lowest BCUT2D eigenvalue weighted by Gasteiger charge is -2.22. The van der Waals surface area contributed by atoms with Crippen LogP contribution in [0.1, 0.15) is 40.9 Å². The highest BCUT2D eigenvalue weighted by molar-refractivity contribution is 5.94. The number of likely N-dealkylation sites (tertiary alicyclic amines) is 1. The summed E-state index contributed by atoms with van der Waals surface area (Å²) in [7, 11) is 0. The number of amides is 1. The van der Waals surface area contributed by atoms with Crippen LogP contribution in [0.15, 0.2) is 66.7 Å². The largest absolute Gasteiger partial charge is 0.416 e. The highest BCUT2D eigenvalue weighted by atomic mass is 35.5. The van der Waals surface area contributed by atoms with Crippen LogP contribution in [0.2, 0.25) is 0 Å². The zero-order valence-electron chi connectivity index (χ0n) is 17.0. The van der Waals surface area contributed by atoms with Crippen LogP contribution in [-0.4, -0.2) is 29.9 Å². The molecule has 1 aliphatic heterocycles. The van der Waals surface area contributed by atoms with Crippen molar-refractivity contribution in [1.29, 1.82) is 0 Å². The quantitative estimate of drug-likeness (QED) is 0.543. The fourth-order valence-electron chi connectivity index (χ4n) is 4.16. The number of fused-ring (bicyclic) bond motifs is 1. The Morgan fingerprint density at radius 1 is 1.06 bits per heavy atom. The predicted molar refractivity (Wildman–Crippen MR) is 118 cm³/mol. The third-order valence-corrected chi connectivity index (χ3v) is 5.69. The van der Waals surface area contributed by atoms with Gasteiger partial charge in [-0.2, -0.15) is 13.2 Å². The van der Waals surface area contributed by atoms with E-state index in [-0.39, 0.29) is 36.0 Å². The molecule has 0 bridgehead atoms. The lowest BCUT2D eigenvalue weighted by Crippen LogP contribution is -2.36. The average Bonchev–Trinajstić information content (AvgIpc) is 3.20. The molecule has 1 N–H and O–H groups in total. The third kappa shape index (κ3) is 5.02. The van der Waals surface area contributed by atoms with E-state index in [0.717, 1.165) is 18.6 Å². The molecule has 3 aromatic carbocycles. The van der Waals surface area contributed by atoms with Crippen LogP contribution in [0, 0.1) is 0 Å². The summed E-state index contributed by atoms with van der Waals surface area (Å²) >= 11 is 0. The van der Waals surface area contributed by atoms with Crippen LogP contribution < -0.4 is 5.32 Å². The summed E-state index contributed by atoms with van der Waals surface area (Å²) < 4.78 is 38.9. The molecule has 164 valence electrons. The first kappa shape index (κ1) is 23.1. The summed E-state index contributed by atoms with van der Waals surface area (Å²) in [5.41, 5.74) is 0.468. The summed E-state index contributed by atoms with van der Waals surface area (Å²) in [5.74, 6) is -0.358. The van der Waals surface area contributed by atoms with Crippen molar-refractivity contribution in [3.05, 3.63) is 83.4 Å². The van der Waals surface area contributed by atoms with Crippen molar-refractivity contribution in [3.8, 4) is 0 Å². The monoisotopic (exact) mass is 448 g/mol. The number of hydrogen-bond acceptors (Lipinski definition) is 2. The van der Waals surface area contributed by atoms with Gasteiger partial charge in [0.2, 0.25) is 0 Å². The normalized spacial score (nSPS) is 17.4. The Morgan fingerprint density at radius 3 is 2.55 bits per heavy atom. The lowest BCUT2D eigenvalue weighted by molar-refractivity contribution is -0.137. The van der Waals surface area contributed by atoms with Crippen LogP contribution in [-0.2, 0) is 6.18 Å². The van der Waals surface area contributed by atoms with Gasteiger partial charge in [-0.05, 0) is 47.9 Å². The molecule has 31 heavy (non-hydrogen) atoms. The van der Waals surface area contributed by atoms with Gasteiger partial charge in [-0.25, -0.2) is 0 Å². The van der Waals surface area contributed by atoms with E-state index in [4.69, 9.17) is 0 Å². The highest BCUT2D eigenvalue weighted by Crippen LogP contribution is 2.30. The molecule has 2 atom stereocenters. The van der Waals surface area contributed by atoms with E-state index >= 15 is 0 Å². The average molecular weight is 449 g/mol. The first-order chi connectivity index (χ1) is 14.3. The Morgan fingerprint density at radius 2 is 1.77 bits per heavy atom. The lowest BCUT2D eigenvalue weighted by atomic mass is 9.99. The number of carbonyl (C=O) groups is 1. The Labute approximate surface area is 185 Å². The minimum absolute atomic E-state index is 0. The second-order valence-corrected chi connectivity index (χ2v) is 7.77. The Balaban J connectivity index is 0.00000272. The Kier molecular flexibility index (Phi) is 6.92. The summed E-state index contributed by atoms with van der Waals surface area (Å²) in [5, 5.41) is 5.95. The van der Waals surface area contributed by atoms with Crippen molar-refractivity contribution < 1.29 is 18.0 Å². The molecular weight excluding hydrogens is 425 g/mol. The molecule has 3 nitrogen and oxygen atoms in total. The molecule has 1 heterocycles. The van der Waals surface area contributed by atoms with Gasteiger partial charge in [-0.15, -0.1) is 12.4 Å². The molecule has 0 radical (unpaired) electrons. The third-order valence-electron chi connectivity index (χ3n) is 5.69. The van der Waals surface area contributed by atoms with Crippen molar-refractivity contribution in [2.24, 2.45) is 0 Å². The highest BCUT2D eigenvalue weighted by Gasteiger charge is 2.32. The summed E-state index contributed by atoms with van der Waals surface area (Å²) in [4.78, 5) is 14.4. The van der Waals surface area contributed by atoms with Crippen molar-refractivity contribution in [2.45, 2.75) is 31.6 Å². The fourth-order valence-corrected chi connectivity index (χ4v) is 4.16. The van der Waals surface area contributed by atoms with Crippen LogP contribution in [0.5, 0.6) is 0 Å². The second-order valence-electron chi connectivity index (χ2n) is 7.77. The van der Waals surface area contributed by atoms with Gasteiger partial charge in [0.25, 0.3) is 5.91 Å². The van der Waals surface area contributed by atoms with Crippen molar-refractivity contribution >= 4 is 29.1 Å². The molecule has 3 aromatic rings. The second kappa shape index (κ2) is 9.28. The van der Waals surface area contributed by atoms with Gasteiger partial charge in [0.15, 0.2) is 0 Å². The Hall–Kier alpha value is -2.57. The van der Waals surface area contributed by atoms with Gasteiger partial charge >= 0.3 is 6.18 Å². The number of nitrogens with one attached hydrogen (secondary N) is 1. The summed E-state index contributed by atoms with van der Waals surface area (Å²) in [6, 6.07) is 19.2. The fraction of sp³-hybridized carbons (Fsp3) is 0.292. The van der Waals surface area contributed by atoms with Crippen LogP contribution in [0.3, 0.4) is 0 Å². The molecule has 0 saturated carbocycles. The van der Waals surface area contributed by atoms with E-state index in [1.54, 1.807) is 4.90 Å². The summed E-state index contributed by atoms with van der Waals surface area (Å²) in [6.07, 6.45) is -3.70. The van der Waals surface area contributed by atoms with Crippen LogP contribution >= 0.6 is 12.4 Å². The molecular formula is C24H24ClF3N2O. The SMILES string of the molecule is C[C@@H](N[C@H]1CCN(C(=O)c2cccc(C(F)(F)F)c2)C1)c1cccc2ccccc12.Cl. The zero-order chi connectivity index (χ0) is 21.3. The van der Waals surface area contributed by atoms with Gasteiger partial charge < -0.3 is 10.2 Å². The van der Waals surface area contributed by atoms with Crippen LogP contribution in [0.4, 0.5) is 13.2 Å². The molecule has 1 fully saturated rings. The van der Waals surface area contributed by atoms with Gasteiger partial charge in [-0.1, -0.05) is 48.5 Å². The van der Waals surface area contributed by atoms with Gasteiger partial charge in [0.1, 0.15) is 0 Å². The molecule has 0 aliphatic carbocycles. The molecule has 0 unspecified atom stereocenters. The number of benzene rings is 3. The maximum Gasteiger partial charge on any atom is 0.416 e. The first-order valence-electron chi connectivity index (χ1n) is 10.0. The predicted octanol–water partition coefficient (Wildman–Crippen LogP) is 5.85. The molecule has 1 aliphatic rings. The Bertz CT molecular complexity index is 1060. The van der Waals surface area contributed by atoms with Gasteiger partial charge in [0, 0.05) is 30.7 Å². The number of carbonyl (C=O) groups excluding carboxylic acids is 1. The number of halogens is 4. The number of hydrogen-bond donors (Lipinski definition) is 1. The maximum absolute atomic E-state index is 13.0. The number of rotatable bonds is 4.